The maximum absolute atomic E-state index is 16.1. The highest BCUT2D eigenvalue weighted by atomic mass is 33.1. The van der Waals surface area contributed by atoms with Crippen molar-refractivity contribution < 1.29 is 67.7 Å². The average Bonchev–Trinajstić information content (AvgIpc) is 1.65. The van der Waals surface area contributed by atoms with E-state index in [0.29, 0.717) is 44.0 Å². The van der Waals surface area contributed by atoms with E-state index >= 15 is 57.5 Å². The minimum atomic E-state index is -1.90. The number of hydrogen-bond acceptors (Lipinski definition) is 20. The fourth-order valence-electron chi connectivity index (χ4n) is 15.1. The van der Waals surface area contributed by atoms with Crippen molar-refractivity contribution in [2.24, 2.45) is 11.5 Å². The van der Waals surface area contributed by atoms with Gasteiger partial charge in [-0.1, -0.05) is 119 Å². The largest absolute Gasteiger partial charge is 0.391 e. The number of amides is 12. The molecule has 4 fully saturated rings. The summed E-state index contributed by atoms with van der Waals surface area (Å²) in [5.41, 5.74) is 15.5. The molecular formula is C80H98N24O14S2. The molecule has 4 aromatic carbocycles. The van der Waals surface area contributed by atoms with E-state index in [4.69, 9.17) is 22.3 Å². The van der Waals surface area contributed by atoms with Gasteiger partial charge in [-0.3, -0.25) is 68.4 Å². The topological polar surface area (TPSA) is 585 Å². The minimum Gasteiger partial charge on any atom is -0.391 e. The molecule has 0 spiro atoms. The zero-order valence-corrected chi connectivity index (χ0v) is 66.9. The summed E-state index contributed by atoms with van der Waals surface area (Å²) in [6, 6.07) is 13.7. The highest BCUT2D eigenvalue weighted by Crippen LogP contribution is 2.33. The van der Waals surface area contributed by atoms with Gasteiger partial charge in [-0.05, 0) is 72.9 Å². The van der Waals surface area contributed by atoms with Crippen LogP contribution in [0.15, 0.2) is 147 Å². The molecule has 8 heterocycles. The van der Waals surface area contributed by atoms with Crippen molar-refractivity contribution in [2.45, 2.75) is 168 Å². The highest BCUT2D eigenvalue weighted by molar-refractivity contribution is 8.77. The summed E-state index contributed by atoms with van der Waals surface area (Å²) >= 11 is 0. The molecule has 38 nitrogen and oxygen atoms in total. The van der Waals surface area contributed by atoms with Crippen LogP contribution in [-0.2, 0) is 96.1 Å². The average molecular weight is 1680 g/mol. The lowest BCUT2D eigenvalue weighted by molar-refractivity contribution is -0.142. The number of rotatable bonds is 21. The quantitative estimate of drug-likeness (QED) is 0.0159. The lowest BCUT2D eigenvalue weighted by atomic mass is 10.0. The number of aromatic nitrogens is 6. The van der Waals surface area contributed by atoms with Crippen LogP contribution in [0.4, 0.5) is 0 Å². The maximum Gasteiger partial charge on any atom is 0.257 e. The van der Waals surface area contributed by atoms with Gasteiger partial charge in [-0.15, -0.1) is 0 Å². The number of guanidine groups is 2. The van der Waals surface area contributed by atoms with Crippen molar-refractivity contribution in [2.75, 3.05) is 31.9 Å². The van der Waals surface area contributed by atoms with Gasteiger partial charge in [-0.25, -0.2) is 9.97 Å². The van der Waals surface area contributed by atoms with Crippen LogP contribution in [0.25, 0.3) is 21.8 Å². The third-order valence-corrected chi connectivity index (χ3v) is 23.8. The van der Waals surface area contributed by atoms with E-state index in [1.165, 1.54) is 25.0 Å². The molecule has 2 bridgehead atoms. The SMILES string of the molecule is N=C(N)NCCC[C@@H]1NC(=O)[C@@H](Cc2ccccc2)NC(=O)[C@H](Cc2c[nH]cn2)NC(=O)[C@@H]2C[C@@H](O)CN2C(=O)[C@@H]2CSS[C@H](NC(=O)[C@H](Cc3c[nH]c4ccccc34)NC1=O)C(=O)N1C[C@H](O)C[C@H]1C(=O)N[C@@H](Cc1c[nH]cn1)C(=O)N[C@H](Cc1ccccc1)C(=O)N[C@@H](CCCNC(=N)N)C(=O)N[C@@H](CCc1c[nH]c3ccccc13)C(=O)N2. The van der Waals surface area contributed by atoms with Crippen LogP contribution in [0.2, 0.25) is 0 Å². The molecule has 634 valence electrons. The molecule has 24 N–H and O–H groups in total. The first-order valence-corrected chi connectivity index (χ1v) is 41.8. The number of benzene rings is 4. The first-order valence-electron chi connectivity index (χ1n) is 39.5. The number of aliphatic hydroxyl groups excluding tert-OH is 2. The molecule has 12 rings (SSSR count). The van der Waals surface area contributed by atoms with Crippen molar-refractivity contribution in [1.82, 2.24) is 104 Å². The van der Waals surface area contributed by atoms with Gasteiger partial charge < -0.3 is 115 Å². The van der Waals surface area contributed by atoms with Gasteiger partial charge in [0.1, 0.15) is 66.5 Å². The molecule has 0 radical (unpaired) electrons. The molecule has 120 heavy (non-hydrogen) atoms. The van der Waals surface area contributed by atoms with Gasteiger partial charge in [-0.2, -0.15) is 0 Å². The second kappa shape index (κ2) is 41.0. The van der Waals surface area contributed by atoms with Crippen LogP contribution in [0.5, 0.6) is 0 Å². The van der Waals surface area contributed by atoms with Crippen LogP contribution >= 0.6 is 21.6 Å². The zero-order valence-electron chi connectivity index (χ0n) is 65.2. The lowest BCUT2D eigenvalue weighted by Crippen LogP contribution is -2.62. The molecule has 4 aliphatic rings. The Morgan fingerprint density at radius 2 is 0.817 bits per heavy atom. The van der Waals surface area contributed by atoms with Crippen molar-refractivity contribution in [3.8, 4) is 0 Å². The van der Waals surface area contributed by atoms with Crippen molar-refractivity contribution in [1.29, 1.82) is 10.8 Å². The number of carbonyl (C=O) groups is 12. The van der Waals surface area contributed by atoms with Crippen LogP contribution in [0.3, 0.4) is 0 Å². The molecular weight excluding hydrogens is 1590 g/mol. The Morgan fingerprint density at radius 1 is 0.433 bits per heavy atom. The number of aliphatic hydroxyl groups is 2. The summed E-state index contributed by atoms with van der Waals surface area (Å²) in [6.45, 7) is -1.06. The fourth-order valence-corrected chi connectivity index (χ4v) is 17.5. The standard InChI is InChI=1S/C80H98N24O14S2/c81-79(82)87-25-11-21-55-66(107)95-57(24-23-45-34-89-53-19-9-7-17-51(45)53)68(109)101-63-40-119-120-76(78(118)104-39-50(106)33-65(104)75(116)100-62(31-48-37-86-42-92-48)72(113)96-58(69(110)93-55)27-43-13-3-1-4-14-43)102-73(114)60(29-46-35-90-54-20-10-8-18-52(46)54)98-67(108)56(22-12-26-88-80(83)84)94-70(111)59(28-44-15-5-2-6-16-44)97-71(112)61(30-47-36-85-41-91-47)99-74(115)64-32-49(105)38-103(64)77(63)117/h1-10,13-20,34-37,41-42,49-50,55-65,76,89-90,105-106H,11-12,21-33,38-40H2,(H,85,91)(H,86,92)(H,93,110)(H,94,111)(H,95,107)(H,96,113)(H,97,112)(H,98,108)(H,99,115)(H,100,116)(H,101,109)(H,102,114)(H4,81,82,87)(H4,83,84,88)/t49-,50-,55+,56+,57+,58-,59-,60+,61+,62+,63+,64+,65+,76+/m1/s1. The number of nitrogens with one attached hydrogen (secondary N) is 18. The number of fused-ring (bicyclic) bond motifs is 8. The number of imidazole rings is 2. The van der Waals surface area contributed by atoms with Gasteiger partial charge in [0.2, 0.25) is 65.0 Å². The summed E-state index contributed by atoms with van der Waals surface area (Å²) < 4.78 is 0. The number of carbonyl (C=O) groups excluding carboxylic acids is 12. The molecule has 8 aromatic rings. The van der Waals surface area contributed by atoms with E-state index in [9.17, 15) is 10.2 Å². The molecule has 0 saturated carbocycles. The minimum absolute atomic E-state index is 0.0137. The van der Waals surface area contributed by atoms with Gasteiger partial charge >= 0.3 is 0 Å². The normalized spacial score (nSPS) is 25.1. The Kier molecular flexibility index (Phi) is 29.6. The Labute approximate surface area is 695 Å². The van der Waals surface area contributed by atoms with Crippen LogP contribution in [0.1, 0.15) is 78.6 Å². The highest BCUT2D eigenvalue weighted by Gasteiger charge is 2.47. The van der Waals surface area contributed by atoms with Gasteiger partial charge in [0.25, 0.3) is 5.91 Å². The van der Waals surface area contributed by atoms with E-state index in [-0.39, 0.29) is 95.1 Å². The number of aromatic amines is 4. The van der Waals surface area contributed by atoms with E-state index in [1.54, 1.807) is 97.3 Å². The van der Waals surface area contributed by atoms with Crippen LogP contribution in [-0.4, -0.2) is 249 Å². The second-order valence-electron chi connectivity index (χ2n) is 29.9. The number of aryl methyl sites for hydroxylation is 1. The second-order valence-corrected chi connectivity index (χ2v) is 32.5. The maximum atomic E-state index is 16.1. The Balaban J connectivity index is 0.997. The van der Waals surface area contributed by atoms with Crippen molar-refractivity contribution in [3.63, 3.8) is 0 Å². The Hall–Kier alpha value is -12.8. The molecule has 0 unspecified atom stereocenters. The van der Waals surface area contributed by atoms with Gasteiger partial charge in [0, 0.05) is 123 Å². The number of para-hydroxylation sites is 2. The lowest BCUT2D eigenvalue weighted by Gasteiger charge is -2.32. The Bertz CT molecular complexity index is 4950. The summed E-state index contributed by atoms with van der Waals surface area (Å²) in [7, 11) is 1.33. The first-order chi connectivity index (χ1) is 57.9. The fraction of sp³-hybridized carbons (Fsp3) is 0.400. The number of nitrogens with two attached hydrogens (primary N) is 2. The zero-order chi connectivity index (χ0) is 84.9. The third-order valence-electron chi connectivity index (χ3n) is 21.3. The third kappa shape index (κ3) is 23.1. The number of hydrogen-bond donors (Lipinski definition) is 22. The summed E-state index contributed by atoms with van der Waals surface area (Å²) in [6.07, 6.45) is 3.49. The molecule has 14 atom stereocenters. The molecule has 0 aliphatic carbocycles. The van der Waals surface area contributed by atoms with Crippen LogP contribution in [0, 0.1) is 10.8 Å². The van der Waals surface area contributed by atoms with Crippen LogP contribution < -0.4 is 75.3 Å². The van der Waals surface area contributed by atoms with Crippen molar-refractivity contribution in [3.05, 3.63) is 180 Å². The smallest absolute Gasteiger partial charge is 0.257 e. The molecule has 4 saturated heterocycles. The van der Waals surface area contributed by atoms with E-state index < -0.39 is 199 Å². The number of nitrogens with zero attached hydrogens (tertiary/aromatic N) is 4. The molecule has 40 heteroatoms. The summed E-state index contributed by atoms with van der Waals surface area (Å²) in [4.78, 5) is 209. The van der Waals surface area contributed by atoms with E-state index in [0.717, 1.165) is 31.5 Å². The molecule has 12 amide bonds. The molecule has 4 aromatic heterocycles. The van der Waals surface area contributed by atoms with E-state index in [1.807, 2.05) is 24.3 Å². The predicted molar refractivity (Wildman–Crippen MR) is 443 cm³/mol. The molecule has 4 aliphatic heterocycles. The van der Waals surface area contributed by atoms with Crippen molar-refractivity contribution >= 4 is 126 Å². The summed E-state index contributed by atoms with van der Waals surface area (Å²) in [5, 5.41) is 72.0. The van der Waals surface area contributed by atoms with Gasteiger partial charge in [0.15, 0.2) is 17.3 Å². The first kappa shape index (κ1) is 86.5. The Morgan fingerprint density at radius 3 is 1.28 bits per heavy atom. The van der Waals surface area contributed by atoms with E-state index in [2.05, 4.69) is 93.7 Å². The predicted octanol–water partition coefficient (Wildman–Crippen LogP) is -2.09. The van der Waals surface area contributed by atoms with Gasteiger partial charge in [0.05, 0.1) is 36.3 Å². The monoisotopic (exact) mass is 1680 g/mol. The summed E-state index contributed by atoms with van der Waals surface area (Å²) in [5.74, 6) is -13.1. The number of H-pyrrole nitrogens is 4.